The summed E-state index contributed by atoms with van der Waals surface area (Å²) in [6.07, 6.45) is 7.15. The largest absolute Gasteiger partial charge is 0.308 e. The van der Waals surface area contributed by atoms with Crippen LogP contribution in [0, 0.1) is 0 Å². The molecule has 3 nitrogen and oxygen atoms in total. The average molecular weight is 327 g/mol. The van der Waals surface area contributed by atoms with Gasteiger partial charge in [-0.2, -0.15) is 0 Å². The fraction of sp³-hybridized carbons (Fsp3) is 0.176. The molecule has 0 bridgehead atoms. The van der Waals surface area contributed by atoms with Crippen molar-refractivity contribution in [3.63, 3.8) is 0 Å². The minimum absolute atomic E-state index is 0.895. The van der Waals surface area contributed by atoms with Crippen molar-refractivity contribution in [3.05, 3.63) is 70.7 Å². The summed E-state index contributed by atoms with van der Waals surface area (Å²) in [6.45, 7) is 0.929. The molecule has 0 amide bonds. The molecule has 3 rings (SSSR count). The maximum atomic E-state index is 4.21. The van der Waals surface area contributed by atoms with Crippen LogP contribution in [-0.4, -0.2) is 20.5 Å². The second-order valence-electron chi connectivity index (χ2n) is 4.76. The second kappa shape index (κ2) is 7.96. The highest BCUT2D eigenvalue weighted by Crippen LogP contribution is 2.17. The van der Waals surface area contributed by atoms with Crippen molar-refractivity contribution in [1.29, 1.82) is 0 Å². The zero-order valence-corrected chi connectivity index (χ0v) is 13.8. The van der Waals surface area contributed by atoms with E-state index in [1.165, 1.54) is 10.4 Å². The Morgan fingerprint density at radius 1 is 1.14 bits per heavy atom. The Balaban J connectivity index is 1.51. The van der Waals surface area contributed by atoms with Crippen LogP contribution in [0.5, 0.6) is 0 Å². The Morgan fingerprint density at radius 3 is 2.86 bits per heavy atom. The Kier molecular flexibility index (Phi) is 5.45. The minimum Gasteiger partial charge on any atom is -0.308 e. The maximum absolute atomic E-state index is 4.21. The van der Waals surface area contributed by atoms with Gasteiger partial charge in [0.2, 0.25) is 0 Å². The number of nitrogens with zero attached hydrogens (tertiary/aromatic N) is 3. The van der Waals surface area contributed by atoms with Gasteiger partial charge in [-0.25, -0.2) is 0 Å². The maximum Gasteiger partial charge on any atom is 0.191 e. The topological polar surface area (TPSA) is 30.7 Å². The van der Waals surface area contributed by atoms with Crippen LogP contribution >= 0.6 is 23.1 Å². The lowest BCUT2D eigenvalue weighted by molar-refractivity contribution is 0.638. The summed E-state index contributed by atoms with van der Waals surface area (Å²) in [5.41, 5.74) is 1.22. The van der Waals surface area contributed by atoms with Gasteiger partial charge in [-0.05, 0) is 23.4 Å². The molecule has 2 aromatic heterocycles. The van der Waals surface area contributed by atoms with Gasteiger partial charge < -0.3 is 4.57 Å². The number of benzene rings is 1. The number of thioether (sulfide) groups is 1. The molecule has 0 atom stereocenters. The molecule has 0 radical (unpaired) electrons. The van der Waals surface area contributed by atoms with Gasteiger partial charge in [-0.1, -0.05) is 60.3 Å². The summed E-state index contributed by atoms with van der Waals surface area (Å²) >= 11 is 3.51. The fourth-order valence-corrected chi connectivity index (χ4v) is 3.51. The molecule has 0 aliphatic carbocycles. The van der Waals surface area contributed by atoms with Gasteiger partial charge in [-0.15, -0.1) is 21.5 Å². The van der Waals surface area contributed by atoms with E-state index in [0.717, 1.165) is 23.9 Å². The zero-order valence-electron chi connectivity index (χ0n) is 12.1. The lowest BCUT2D eigenvalue weighted by Crippen LogP contribution is -2.01. The molecule has 3 aromatic rings. The summed E-state index contributed by atoms with van der Waals surface area (Å²) in [5, 5.41) is 11.3. The molecule has 112 valence electrons. The van der Waals surface area contributed by atoms with Crippen molar-refractivity contribution in [2.45, 2.75) is 18.1 Å². The first kappa shape index (κ1) is 15.1. The molecule has 0 aliphatic rings. The van der Waals surface area contributed by atoms with Crippen molar-refractivity contribution < 1.29 is 0 Å². The van der Waals surface area contributed by atoms with E-state index < -0.39 is 0 Å². The van der Waals surface area contributed by atoms with E-state index in [4.69, 9.17) is 0 Å². The SMILES string of the molecule is C(=Cc1ccccc1)CSc1nncn1CCc1cccs1. The van der Waals surface area contributed by atoms with Gasteiger partial charge in [0, 0.05) is 17.2 Å². The molecule has 0 saturated carbocycles. The summed E-state index contributed by atoms with van der Waals surface area (Å²) in [7, 11) is 0. The van der Waals surface area contributed by atoms with Crippen LogP contribution in [0.4, 0.5) is 0 Å². The van der Waals surface area contributed by atoms with E-state index in [9.17, 15) is 0 Å². The minimum atomic E-state index is 0.895. The van der Waals surface area contributed by atoms with Crippen LogP contribution in [0.15, 0.2) is 65.4 Å². The molecule has 22 heavy (non-hydrogen) atoms. The molecular weight excluding hydrogens is 310 g/mol. The lowest BCUT2D eigenvalue weighted by Gasteiger charge is -2.04. The van der Waals surface area contributed by atoms with Crippen molar-refractivity contribution in [1.82, 2.24) is 14.8 Å². The standard InChI is InChI=1S/C17H17N3S2/c1-2-6-15(7-3-1)8-4-13-22-17-19-18-14-20(17)11-10-16-9-5-12-21-16/h1-9,12,14H,10-11,13H2. The van der Waals surface area contributed by atoms with Gasteiger partial charge in [0.25, 0.3) is 0 Å². The Bertz CT molecular complexity index is 703. The quantitative estimate of drug-likeness (QED) is 0.603. The summed E-state index contributed by atoms with van der Waals surface area (Å²) < 4.78 is 2.13. The highest BCUT2D eigenvalue weighted by Gasteiger charge is 2.04. The lowest BCUT2D eigenvalue weighted by atomic mass is 10.2. The molecular formula is C17H17N3S2. The zero-order chi connectivity index (χ0) is 15.0. The van der Waals surface area contributed by atoms with Gasteiger partial charge in [-0.3, -0.25) is 0 Å². The second-order valence-corrected chi connectivity index (χ2v) is 6.78. The van der Waals surface area contributed by atoms with Crippen LogP contribution in [0.2, 0.25) is 0 Å². The van der Waals surface area contributed by atoms with Crippen LogP contribution < -0.4 is 0 Å². The molecule has 0 unspecified atom stereocenters. The third-order valence-corrected chi connectivity index (χ3v) is 5.05. The Hall–Kier alpha value is -1.85. The van der Waals surface area contributed by atoms with E-state index in [1.54, 1.807) is 23.1 Å². The van der Waals surface area contributed by atoms with Crippen molar-refractivity contribution in [2.24, 2.45) is 0 Å². The van der Waals surface area contributed by atoms with Gasteiger partial charge in [0.15, 0.2) is 5.16 Å². The molecule has 0 spiro atoms. The normalized spacial score (nSPS) is 11.3. The molecule has 2 heterocycles. The summed E-state index contributed by atoms with van der Waals surface area (Å²) in [6, 6.07) is 14.6. The average Bonchev–Trinajstić information content (AvgIpc) is 3.22. The third-order valence-electron chi connectivity index (χ3n) is 3.18. The van der Waals surface area contributed by atoms with Crippen LogP contribution in [0.25, 0.3) is 6.08 Å². The molecule has 0 saturated heterocycles. The number of thiophene rings is 1. The molecule has 0 aliphatic heterocycles. The number of aryl methyl sites for hydroxylation is 2. The first-order valence-corrected chi connectivity index (χ1v) is 9.03. The van der Waals surface area contributed by atoms with E-state index in [1.807, 2.05) is 24.5 Å². The molecule has 5 heteroatoms. The predicted octanol–water partition coefficient (Wildman–Crippen LogP) is 4.39. The number of hydrogen-bond acceptors (Lipinski definition) is 4. The van der Waals surface area contributed by atoms with Gasteiger partial charge in [0.05, 0.1) is 0 Å². The predicted molar refractivity (Wildman–Crippen MR) is 94.2 cm³/mol. The van der Waals surface area contributed by atoms with Gasteiger partial charge >= 0.3 is 0 Å². The van der Waals surface area contributed by atoms with E-state index in [-0.39, 0.29) is 0 Å². The van der Waals surface area contributed by atoms with Gasteiger partial charge in [0.1, 0.15) is 6.33 Å². The molecule has 1 aromatic carbocycles. The Labute approximate surface area is 138 Å². The third kappa shape index (κ3) is 4.32. The van der Waals surface area contributed by atoms with Crippen molar-refractivity contribution in [3.8, 4) is 0 Å². The number of aromatic nitrogens is 3. The van der Waals surface area contributed by atoms with Crippen LogP contribution in [0.1, 0.15) is 10.4 Å². The highest BCUT2D eigenvalue weighted by molar-refractivity contribution is 7.99. The van der Waals surface area contributed by atoms with Crippen LogP contribution in [0.3, 0.4) is 0 Å². The van der Waals surface area contributed by atoms with E-state index in [0.29, 0.717) is 0 Å². The van der Waals surface area contributed by atoms with E-state index in [2.05, 4.69) is 56.6 Å². The first-order valence-electron chi connectivity index (χ1n) is 7.16. The summed E-state index contributed by atoms with van der Waals surface area (Å²) in [4.78, 5) is 1.40. The number of rotatable bonds is 7. The first-order chi connectivity index (χ1) is 10.9. The van der Waals surface area contributed by atoms with Crippen molar-refractivity contribution >= 4 is 29.2 Å². The fourth-order valence-electron chi connectivity index (χ4n) is 2.07. The molecule has 0 fully saturated rings. The highest BCUT2D eigenvalue weighted by atomic mass is 32.2. The number of hydrogen-bond donors (Lipinski definition) is 0. The Morgan fingerprint density at radius 2 is 2.05 bits per heavy atom. The molecule has 0 N–H and O–H groups in total. The van der Waals surface area contributed by atoms with Crippen LogP contribution in [-0.2, 0) is 13.0 Å². The smallest absolute Gasteiger partial charge is 0.191 e. The summed E-state index contributed by atoms with van der Waals surface area (Å²) in [5.74, 6) is 0.895. The van der Waals surface area contributed by atoms with E-state index >= 15 is 0 Å². The monoisotopic (exact) mass is 327 g/mol. The van der Waals surface area contributed by atoms with Crippen molar-refractivity contribution in [2.75, 3.05) is 5.75 Å².